The molecule has 60 heavy (non-hydrogen) atoms. The highest BCUT2D eigenvalue weighted by atomic mass is 32.3. The van der Waals surface area contributed by atoms with Gasteiger partial charge in [0, 0.05) is 49.1 Å². The number of benzene rings is 5. The molecular weight excluding hydrogens is 745 g/mol. The standard InChI is InChI=1S/C57H50N2S/c1-57(2)47-28-15-12-25-44(47)54-48(57)37-38-52-56(54)46-27-14-17-30-50(46)59(52)40-33-35-43(36-34-40)60(41-21-8-4-9-22-41,42-23-10-5-11-24-42)53-32-18-31-51-55(53)45-26-13-16-29-49(45)58(51)39-19-6-3-7-20-39/h3-12,15,17-26,28-35,37-38,43,48,54H,13-14,16,27,36H2,1-2H3/t43?,48-,54?/m1/s1. The van der Waals surface area contributed by atoms with Gasteiger partial charge in [-0.25, -0.2) is 0 Å². The first kappa shape index (κ1) is 35.9. The second kappa shape index (κ2) is 13.8. The molecule has 0 amide bonds. The second-order valence-corrected chi connectivity index (χ2v) is 21.1. The molecule has 0 bridgehead atoms. The van der Waals surface area contributed by atoms with E-state index in [0.29, 0.717) is 11.8 Å². The van der Waals surface area contributed by atoms with E-state index in [2.05, 4.69) is 211 Å². The van der Waals surface area contributed by atoms with Gasteiger partial charge in [0.05, 0.1) is 11.2 Å². The maximum Gasteiger partial charge on any atom is 0.0551 e. The number of allylic oxidation sites excluding steroid dienone is 5. The van der Waals surface area contributed by atoms with Gasteiger partial charge in [0.2, 0.25) is 0 Å². The van der Waals surface area contributed by atoms with Crippen LogP contribution in [0.25, 0.3) is 46.6 Å². The van der Waals surface area contributed by atoms with Crippen LogP contribution in [0.15, 0.2) is 179 Å². The lowest BCUT2D eigenvalue weighted by molar-refractivity contribution is 0.390. The summed E-state index contributed by atoms with van der Waals surface area (Å²) in [7, 11) is -1.86. The fourth-order valence-corrected chi connectivity index (χ4v) is 16.4. The molecule has 2 unspecified atom stereocenters. The smallest absolute Gasteiger partial charge is 0.0551 e. The molecule has 0 radical (unpaired) electrons. The number of aromatic nitrogens is 2. The van der Waals surface area contributed by atoms with Gasteiger partial charge < -0.3 is 9.13 Å². The van der Waals surface area contributed by atoms with E-state index in [4.69, 9.17) is 0 Å². The fraction of sp³-hybridized carbons (Fsp3) is 0.193. The van der Waals surface area contributed by atoms with Gasteiger partial charge >= 0.3 is 0 Å². The number of nitrogens with zero attached hydrogens (tertiary/aromatic N) is 2. The molecule has 5 aromatic carbocycles. The quantitative estimate of drug-likeness (QED) is 0.159. The van der Waals surface area contributed by atoms with Gasteiger partial charge in [-0.1, -0.05) is 135 Å². The van der Waals surface area contributed by atoms with Crippen LogP contribution in [0.1, 0.15) is 79.1 Å². The predicted octanol–water partition coefficient (Wildman–Crippen LogP) is 13.0. The Morgan fingerprint density at radius 2 is 1.33 bits per heavy atom. The molecule has 2 nitrogen and oxygen atoms in total. The summed E-state index contributed by atoms with van der Waals surface area (Å²) in [6.45, 7) is 4.91. The normalized spacial score (nSPS) is 20.9. The molecule has 3 heteroatoms. The molecule has 2 heterocycles. The lowest BCUT2D eigenvalue weighted by atomic mass is 9.71. The lowest BCUT2D eigenvalue weighted by Crippen LogP contribution is -2.30. The number of hydrogen-bond donors (Lipinski definition) is 0. The molecule has 5 aliphatic rings. The molecule has 294 valence electrons. The van der Waals surface area contributed by atoms with Gasteiger partial charge in [0.25, 0.3) is 0 Å². The van der Waals surface area contributed by atoms with Crippen LogP contribution in [-0.4, -0.2) is 14.4 Å². The van der Waals surface area contributed by atoms with Crippen molar-refractivity contribution in [2.45, 2.75) is 77.2 Å². The van der Waals surface area contributed by atoms with E-state index in [-0.39, 0.29) is 10.7 Å². The number of hydrogen-bond acceptors (Lipinski definition) is 0. The summed E-state index contributed by atoms with van der Waals surface area (Å²) in [4.78, 5) is 4.27. The summed E-state index contributed by atoms with van der Waals surface area (Å²) in [6.07, 6.45) is 27.8. The molecule has 0 saturated carbocycles. The van der Waals surface area contributed by atoms with Crippen LogP contribution in [0, 0.1) is 5.92 Å². The first-order valence-corrected chi connectivity index (χ1v) is 23.7. The SMILES string of the molecule is CC1(C)c2ccccc2C2c3c4c(n(C5=CCC(S(c6ccccc6)(c6ccccc6)c6cccc7c6c6c(n7-c7ccccc7)=CCCC=6)C=C5)c3C=C[C@H]21)C=CCC4. The van der Waals surface area contributed by atoms with Crippen LogP contribution >= 0.6 is 10.0 Å². The van der Waals surface area contributed by atoms with Gasteiger partial charge in [-0.3, -0.25) is 0 Å². The zero-order valence-electron chi connectivity index (χ0n) is 34.5. The van der Waals surface area contributed by atoms with Crippen molar-refractivity contribution in [3.8, 4) is 5.69 Å². The van der Waals surface area contributed by atoms with Crippen molar-refractivity contribution in [3.05, 3.63) is 208 Å². The zero-order valence-corrected chi connectivity index (χ0v) is 35.3. The Labute approximate surface area is 355 Å². The van der Waals surface area contributed by atoms with E-state index >= 15 is 0 Å². The molecule has 0 aliphatic heterocycles. The maximum atomic E-state index is 2.62. The zero-order chi connectivity index (χ0) is 40.0. The van der Waals surface area contributed by atoms with Crippen LogP contribution in [0.2, 0.25) is 0 Å². The minimum atomic E-state index is -1.86. The van der Waals surface area contributed by atoms with Crippen LogP contribution in [0.5, 0.6) is 0 Å². The van der Waals surface area contributed by atoms with Crippen LogP contribution < -0.4 is 10.6 Å². The van der Waals surface area contributed by atoms with Crippen molar-refractivity contribution in [1.29, 1.82) is 0 Å². The van der Waals surface area contributed by atoms with Gasteiger partial charge in [-0.15, -0.1) is 0 Å². The molecule has 3 atom stereocenters. The highest BCUT2D eigenvalue weighted by Gasteiger charge is 2.49. The Morgan fingerprint density at radius 1 is 0.617 bits per heavy atom. The molecule has 0 fully saturated rings. The van der Waals surface area contributed by atoms with Crippen LogP contribution in [0.4, 0.5) is 0 Å². The minimum absolute atomic E-state index is 0.0904. The molecule has 7 aromatic rings. The Hall–Kier alpha value is -6.03. The number of fused-ring (bicyclic) bond motifs is 10. The van der Waals surface area contributed by atoms with Crippen molar-refractivity contribution >= 4 is 50.9 Å². The van der Waals surface area contributed by atoms with Crippen molar-refractivity contribution in [2.75, 3.05) is 0 Å². The van der Waals surface area contributed by atoms with Crippen molar-refractivity contribution < 1.29 is 0 Å². The van der Waals surface area contributed by atoms with E-state index in [1.165, 1.54) is 70.1 Å². The highest BCUT2D eigenvalue weighted by molar-refractivity contribution is 8.34. The Bertz CT molecular complexity index is 3060. The van der Waals surface area contributed by atoms with E-state index in [1.54, 1.807) is 11.1 Å². The molecule has 0 spiro atoms. The molecule has 12 rings (SSSR count). The number of rotatable bonds is 6. The topological polar surface area (TPSA) is 9.86 Å². The Kier molecular flexibility index (Phi) is 8.23. The third kappa shape index (κ3) is 5.02. The first-order chi connectivity index (χ1) is 29.6. The predicted molar refractivity (Wildman–Crippen MR) is 253 cm³/mol. The molecule has 0 N–H and O–H groups in total. The van der Waals surface area contributed by atoms with Crippen LogP contribution in [-0.2, 0) is 11.8 Å². The van der Waals surface area contributed by atoms with Crippen molar-refractivity contribution in [2.24, 2.45) is 5.92 Å². The van der Waals surface area contributed by atoms with E-state index in [9.17, 15) is 0 Å². The third-order valence-corrected chi connectivity index (χ3v) is 18.7. The van der Waals surface area contributed by atoms with Crippen LogP contribution in [0.3, 0.4) is 0 Å². The summed E-state index contributed by atoms with van der Waals surface area (Å²) in [5.41, 5.74) is 12.8. The first-order valence-electron chi connectivity index (χ1n) is 22.0. The third-order valence-electron chi connectivity index (χ3n) is 14.4. The molecule has 0 saturated heterocycles. The minimum Gasteiger partial charge on any atom is -0.310 e. The van der Waals surface area contributed by atoms with E-state index in [1.807, 2.05) is 0 Å². The van der Waals surface area contributed by atoms with Crippen molar-refractivity contribution in [1.82, 2.24) is 9.13 Å². The molecular formula is C57H50N2S. The van der Waals surface area contributed by atoms with Crippen molar-refractivity contribution in [3.63, 3.8) is 0 Å². The average molecular weight is 795 g/mol. The van der Waals surface area contributed by atoms with Gasteiger partial charge in [0.1, 0.15) is 0 Å². The Balaban J connectivity index is 1.07. The average Bonchev–Trinajstić information content (AvgIpc) is 3.91. The summed E-state index contributed by atoms with van der Waals surface area (Å²) in [5.74, 6) is 0.838. The Morgan fingerprint density at radius 3 is 2.08 bits per heavy atom. The monoisotopic (exact) mass is 794 g/mol. The summed E-state index contributed by atoms with van der Waals surface area (Å²) >= 11 is 0. The highest BCUT2D eigenvalue weighted by Crippen LogP contribution is 2.73. The molecule has 2 aromatic heterocycles. The van der Waals surface area contributed by atoms with Gasteiger partial charge in [-0.05, 0) is 142 Å². The van der Waals surface area contributed by atoms with Gasteiger partial charge in [-0.2, -0.15) is 10.0 Å². The van der Waals surface area contributed by atoms with E-state index < -0.39 is 10.0 Å². The van der Waals surface area contributed by atoms with E-state index in [0.717, 1.165) is 32.1 Å². The summed E-state index contributed by atoms with van der Waals surface area (Å²) in [5, 5.41) is 4.34. The maximum absolute atomic E-state index is 2.62. The summed E-state index contributed by atoms with van der Waals surface area (Å²) in [6, 6.07) is 50.5. The molecule has 5 aliphatic carbocycles. The second-order valence-electron chi connectivity index (χ2n) is 17.8. The largest absolute Gasteiger partial charge is 0.310 e. The fourth-order valence-electron chi connectivity index (χ4n) is 11.9. The lowest BCUT2D eigenvalue weighted by Gasteiger charge is -2.48. The van der Waals surface area contributed by atoms with Gasteiger partial charge in [0.15, 0.2) is 0 Å². The summed E-state index contributed by atoms with van der Waals surface area (Å²) < 4.78 is 5.14. The number of para-hydroxylation sites is 1.